The Labute approximate surface area is 112 Å². The van der Waals surface area contributed by atoms with Crippen LogP contribution in [0.2, 0.25) is 0 Å². The van der Waals surface area contributed by atoms with Crippen molar-refractivity contribution in [2.24, 2.45) is 11.8 Å². The van der Waals surface area contributed by atoms with Gasteiger partial charge in [0, 0.05) is 24.3 Å². The first-order chi connectivity index (χ1) is 9.31. The van der Waals surface area contributed by atoms with Crippen molar-refractivity contribution in [1.82, 2.24) is 0 Å². The van der Waals surface area contributed by atoms with Gasteiger partial charge in [-0.25, -0.2) is 0 Å². The van der Waals surface area contributed by atoms with Crippen LogP contribution >= 0.6 is 0 Å². The highest BCUT2D eigenvalue weighted by Crippen LogP contribution is 2.47. The predicted molar refractivity (Wildman–Crippen MR) is 67.1 cm³/mol. The van der Waals surface area contributed by atoms with Crippen molar-refractivity contribution in [1.29, 1.82) is 0 Å². The van der Waals surface area contributed by atoms with Crippen LogP contribution in [0.15, 0.2) is 30.3 Å². The van der Waals surface area contributed by atoms with Gasteiger partial charge in [0.2, 0.25) is 0 Å². The van der Waals surface area contributed by atoms with Crippen molar-refractivity contribution >= 4 is 0 Å². The molecule has 0 aromatic heterocycles. The van der Waals surface area contributed by atoms with E-state index in [9.17, 15) is 5.11 Å². The Morgan fingerprint density at radius 3 is 2.58 bits per heavy atom. The lowest BCUT2D eigenvalue weighted by atomic mass is 9.92. The first kappa shape index (κ1) is 11.9. The van der Waals surface area contributed by atoms with Gasteiger partial charge in [-0.15, -0.1) is 0 Å². The molecule has 2 saturated heterocycles. The smallest absolute Gasteiger partial charge is 0.184 e. The zero-order valence-electron chi connectivity index (χ0n) is 10.6. The molecule has 1 aliphatic carbocycles. The van der Waals surface area contributed by atoms with Gasteiger partial charge in [0.15, 0.2) is 12.6 Å². The Kier molecular flexibility index (Phi) is 2.84. The maximum absolute atomic E-state index is 9.55. The van der Waals surface area contributed by atoms with E-state index in [4.69, 9.17) is 14.2 Å². The molecule has 4 rings (SSSR count). The largest absolute Gasteiger partial charge is 0.368 e. The van der Waals surface area contributed by atoms with E-state index in [2.05, 4.69) is 0 Å². The molecule has 1 N–H and O–H groups in total. The summed E-state index contributed by atoms with van der Waals surface area (Å²) in [4.78, 5) is 0. The van der Waals surface area contributed by atoms with Gasteiger partial charge in [-0.2, -0.15) is 0 Å². The second-order valence-corrected chi connectivity index (χ2v) is 5.68. The normalized spacial score (nSPS) is 44.9. The quantitative estimate of drug-likeness (QED) is 0.839. The fraction of sp³-hybridized carbons (Fsp3) is 0.600. The van der Waals surface area contributed by atoms with Gasteiger partial charge in [0.25, 0.3) is 0 Å². The third-order valence-corrected chi connectivity index (χ3v) is 4.59. The van der Waals surface area contributed by atoms with Crippen LogP contribution in [-0.4, -0.2) is 30.2 Å². The number of aliphatic hydroxyl groups excluding tert-OH is 1. The summed E-state index contributed by atoms with van der Waals surface area (Å²) >= 11 is 0. The number of hydrogen-bond donors (Lipinski definition) is 1. The van der Waals surface area contributed by atoms with Crippen LogP contribution in [0.3, 0.4) is 0 Å². The molecule has 0 radical (unpaired) electrons. The molecule has 102 valence electrons. The molecule has 3 aliphatic rings. The molecule has 4 heteroatoms. The number of aliphatic hydroxyl groups is 1. The first-order valence-electron chi connectivity index (χ1n) is 6.97. The average Bonchev–Trinajstić information content (AvgIpc) is 2.95. The van der Waals surface area contributed by atoms with Crippen molar-refractivity contribution in [3.05, 3.63) is 35.9 Å². The van der Waals surface area contributed by atoms with Crippen LogP contribution in [0.25, 0.3) is 0 Å². The lowest BCUT2D eigenvalue weighted by Gasteiger charge is -2.34. The molecule has 6 atom stereocenters. The first-order valence-corrected chi connectivity index (χ1v) is 6.97. The van der Waals surface area contributed by atoms with Crippen molar-refractivity contribution in [3.8, 4) is 0 Å². The summed E-state index contributed by atoms with van der Waals surface area (Å²) in [5, 5.41) is 9.55. The predicted octanol–water partition coefficient (Wildman–Crippen LogP) is 1.84. The average molecular weight is 262 g/mol. The molecule has 4 unspecified atom stereocenters. The molecule has 2 heterocycles. The molecule has 0 bridgehead atoms. The van der Waals surface area contributed by atoms with E-state index in [1.54, 1.807) is 0 Å². The topological polar surface area (TPSA) is 47.9 Å². The SMILES string of the molecule is OC1CC2C(C[C@@H]3OC(c4ccccc4)OC[C@@H]23)O1. The molecule has 1 aromatic carbocycles. The lowest BCUT2D eigenvalue weighted by molar-refractivity contribution is -0.240. The summed E-state index contributed by atoms with van der Waals surface area (Å²) in [6.45, 7) is 0.696. The number of hydrogen-bond acceptors (Lipinski definition) is 4. The van der Waals surface area contributed by atoms with Crippen LogP contribution in [0.4, 0.5) is 0 Å². The van der Waals surface area contributed by atoms with E-state index >= 15 is 0 Å². The van der Waals surface area contributed by atoms with Crippen LogP contribution < -0.4 is 0 Å². The lowest BCUT2D eigenvalue weighted by Crippen LogP contribution is -2.35. The van der Waals surface area contributed by atoms with E-state index in [0.29, 0.717) is 24.9 Å². The summed E-state index contributed by atoms with van der Waals surface area (Å²) in [5.41, 5.74) is 1.07. The highest BCUT2D eigenvalue weighted by molar-refractivity contribution is 5.16. The zero-order valence-corrected chi connectivity index (χ0v) is 10.6. The minimum absolute atomic E-state index is 0.142. The van der Waals surface area contributed by atoms with Gasteiger partial charge in [-0.1, -0.05) is 30.3 Å². The third-order valence-electron chi connectivity index (χ3n) is 4.59. The summed E-state index contributed by atoms with van der Waals surface area (Å²) in [5.74, 6) is 0.749. The maximum Gasteiger partial charge on any atom is 0.184 e. The summed E-state index contributed by atoms with van der Waals surface area (Å²) in [6, 6.07) is 10.0. The van der Waals surface area contributed by atoms with E-state index in [1.165, 1.54) is 0 Å². The minimum Gasteiger partial charge on any atom is -0.368 e. The Hall–Kier alpha value is -0.940. The maximum atomic E-state index is 9.55. The molecule has 0 amide bonds. The van der Waals surface area contributed by atoms with Crippen molar-refractivity contribution in [2.75, 3.05) is 6.61 Å². The van der Waals surface area contributed by atoms with E-state index < -0.39 is 6.29 Å². The van der Waals surface area contributed by atoms with Crippen molar-refractivity contribution in [3.63, 3.8) is 0 Å². The third kappa shape index (κ3) is 1.99. The van der Waals surface area contributed by atoms with Gasteiger partial charge in [0.1, 0.15) is 0 Å². The Morgan fingerprint density at radius 1 is 0.947 bits per heavy atom. The molecule has 1 aromatic rings. The molecule has 4 nitrogen and oxygen atoms in total. The van der Waals surface area contributed by atoms with Gasteiger partial charge < -0.3 is 19.3 Å². The monoisotopic (exact) mass is 262 g/mol. The van der Waals surface area contributed by atoms with Crippen LogP contribution in [0.5, 0.6) is 0 Å². The highest BCUT2D eigenvalue weighted by atomic mass is 16.7. The van der Waals surface area contributed by atoms with Gasteiger partial charge >= 0.3 is 0 Å². The molecular formula is C15H18O4. The molecular weight excluding hydrogens is 244 g/mol. The summed E-state index contributed by atoms with van der Waals surface area (Å²) < 4.78 is 17.5. The van der Waals surface area contributed by atoms with E-state index in [-0.39, 0.29) is 18.5 Å². The Balaban J connectivity index is 1.49. The highest BCUT2D eigenvalue weighted by Gasteiger charge is 2.52. The Morgan fingerprint density at radius 2 is 1.74 bits per heavy atom. The molecule has 2 aliphatic heterocycles. The summed E-state index contributed by atoms with van der Waals surface area (Å²) in [7, 11) is 0. The van der Waals surface area contributed by atoms with Crippen LogP contribution in [0, 0.1) is 11.8 Å². The molecule has 3 fully saturated rings. The molecule has 1 saturated carbocycles. The van der Waals surface area contributed by atoms with E-state index in [1.807, 2.05) is 30.3 Å². The van der Waals surface area contributed by atoms with Gasteiger partial charge in [-0.05, 0) is 5.92 Å². The number of benzene rings is 1. The standard InChI is InChI=1S/C15H18O4/c16-14-6-10-11-8-17-15(9-4-2-1-3-5-9)19-13(11)7-12(10)18-14/h1-5,10-16H,6-8H2/t10?,11-,12?,13-,14?,15?/m0/s1. The number of fused-ring (bicyclic) bond motifs is 3. The Bertz CT molecular complexity index is 449. The second kappa shape index (κ2) is 4.56. The van der Waals surface area contributed by atoms with Gasteiger partial charge in [0.05, 0.1) is 18.8 Å². The molecule has 0 spiro atoms. The van der Waals surface area contributed by atoms with Gasteiger partial charge in [-0.3, -0.25) is 0 Å². The second-order valence-electron chi connectivity index (χ2n) is 5.68. The van der Waals surface area contributed by atoms with Crippen LogP contribution in [-0.2, 0) is 14.2 Å². The zero-order chi connectivity index (χ0) is 12.8. The fourth-order valence-electron chi connectivity index (χ4n) is 3.67. The summed E-state index contributed by atoms with van der Waals surface area (Å²) in [6.07, 6.45) is 1.08. The van der Waals surface area contributed by atoms with Crippen molar-refractivity contribution in [2.45, 2.75) is 37.6 Å². The van der Waals surface area contributed by atoms with Crippen molar-refractivity contribution < 1.29 is 19.3 Å². The van der Waals surface area contributed by atoms with E-state index in [0.717, 1.165) is 12.0 Å². The minimum atomic E-state index is -0.595. The molecule has 19 heavy (non-hydrogen) atoms. The van der Waals surface area contributed by atoms with Crippen LogP contribution in [0.1, 0.15) is 24.7 Å². The fourth-order valence-corrected chi connectivity index (χ4v) is 3.67. The number of ether oxygens (including phenoxy) is 3. The number of rotatable bonds is 1.